The first kappa shape index (κ1) is 25.6. The molecule has 0 spiro atoms. The minimum atomic E-state index is -3.61. The monoisotopic (exact) mass is 492 g/mol. The zero-order chi connectivity index (χ0) is 24.0. The van der Waals surface area contributed by atoms with Crippen LogP contribution in [-0.2, 0) is 33.4 Å². The molecule has 1 aromatic carbocycles. The number of benzene rings is 1. The Kier molecular flexibility index (Phi) is 8.89. The van der Waals surface area contributed by atoms with Gasteiger partial charge in [-0.05, 0) is 50.4 Å². The molecule has 2 heterocycles. The summed E-state index contributed by atoms with van der Waals surface area (Å²) in [5.41, 5.74) is 2.64. The van der Waals surface area contributed by atoms with Crippen molar-refractivity contribution in [1.82, 2.24) is 19.8 Å². The first-order valence-electron chi connectivity index (χ1n) is 11.7. The number of nitrogens with zero attached hydrogens (tertiary/aromatic N) is 3. The van der Waals surface area contributed by atoms with Crippen LogP contribution in [-0.4, -0.2) is 53.8 Å². The first-order chi connectivity index (χ1) is 15.7. The van der Waals surface area contributed by atoms with Crippen LogP contribution in [0.1, 0.15) is 50.4 Å². The number of sulfone groups is 1. The van der Waals surface area contributed by atoms with E-state index in [9.17, 15) is 8.42 Å². The van der Waals surface area contributed by atoms with Crippen molar-refractivity contribution in [3.05, 3.63) is 47.3 Å². The van der Waals surface area contributed by atoms with E-state index >= 15 is 0 Å². The van der Waals surface area contributed by atoms with E-state index in [1.54, 1.807) is 6.20 Å². The van der Waals surface area contributed by atoms with Gasteiger partial charge in [0.25, 0.3) is 0 Å². The summed E-state index contributed by atoms with van der Waals surface area (Å²) in [5.74, 6) is 0.191. The van der Waals surface area contributed by atoms with Crippen molar-refractivity contribution in [1.29, 1.82) is 0 Å². The fourth-order valence-corrected chi connectivity index (χ4v) is 5.90. The van der Waals surface area contributed by atoms with E-state index in [1.165, 1.54) is 0 Å². The Labute approximate surface area is 203 Å². The summed E-state index contributed by atoms with van der Waals surface area (Å²) in [7, 11) is -3.61. The molecule has 7 nitrogen and oxygen atoms in total. The predicted molar refractivity (Wildman–Crippen MR) is 135 cm³/mol. The molecule has 1 unspecified atom stereocenters. The zero-order valence-electron chi connectivity index (χ0n) is 20.1. The molecule has 0 radical (unpaired) electrons. The van der Waals surface area contributed by atoms with Gasteiger partial charge in [0.2, 0.25) is 15.0 Å². The van der Waals surface area contributed by atoms with Gasteiger partial charge in [-0.15, -0.1) is 0 Å². The summed E-state index contributed by atoms with van der Waals surface area (Å²) in [6.45, 7) is 11.3. The molecular formula is C24H36N4O3S2. The number of rotatable bonds is 10. The highest BCUT2D eigenvalue weighted by Crippen LogP contribution is 2.22. The van der Waals surface area contributed by atoms with Gasteiger partial charge in [-0.2, -0.15) is 0 Å². The Morgan fingerprint density at radius 1 is 1.39 bits per heavy atom. The molecule has 9 heteroatoms. The first-order valence-corrected chi connectivity index (χ1v) is 13.7. The van der Waals surface area contributed by atoms with E-state index in [2.05, 4.69) is 29.0 Å². The van der Waals surface area contributed by atoms with Gasteiger partial charge in [0.15, 0.2) is 5.11 Å². The zero-order valence-corrected chi connectivity index (χ0v) is 21.7. The highest BCUT2D eigenvalue weighted by molar-refractivity contribution is 7.90. The molecule has 1 atom stereocenters. The Bertz CT molecular complexity index is 1040. The third-order valence-corrected chi connectivity index (χ3v) is 7.58. The molecule has 1 aliphatic heterocycles. The van der Waals surface area contributed by atoms with Gasteiger partial charge in [0.05, 0.1) is 30.3 Å². The summed E-state index contributed by atoms with van der Waals surface area (Å²) in [6.07, 6.45) is 3.88. The van der Waals surface area contributed by atoms with Crippen molar-refractivity contribution >= 4 is 27.2 Å². The summed E-state index contributed by atoms with van der Waals surface area (Å²) in [6, 6.07) is 7.60. The quantitative estimate of drug-likeness (QED) is 0.507. The summed E-state index contributed by atoms with van der Waals surface area (Å²) in [5, 5.41) is 4.00. The molecule has 0 saturated carbocycles. The molecule has 33 heavy (non-hydrogen) atoms. The van der Waals surface area contributed by atoms with Gasteiger partial charge in [-0.3, -0.25) is 0 Å². The second kappa shape index (κ2) is 11.4. The second-order valence-electron chi connectivity index (χ2n) is 9.14. The number of hydrogen-bond acceptors (Lipinski definition) is 5. The molecule has 0 bridgehead atoms. The van der Waals surface area contributed by atoms with Crippen molar-refractivity contribution in [3.63, 3.8) is 0 Å². The van der Waals surface area contributed by atoms with Gasteiger partial charge >= 0.3 is 0 Å². The average molecular weight is 493 g/mol. The maximum Gasteiger partial charge on any atom is 0.228 e. The molecule has 1 N–H and O–H groups in total. The molecule has 2 aromatic rings. The minimum absolute atomic E-state index is 0.0708. The number of imidazole rings is 1. The lowest BCUT2D eigenvalue weighted by Gasteiger charge is -2.28. The fourth-order valence-electron chi connectivity index (χ4n) is 4.12. The van der Waals surface area contributed by atoms with Crippen molar-refractivity contribution < 1.29 is 13.2 Å². The van der Waals surface area contributed by atoms with Crippen LogP contribution in [0.4, 0.5) is 0 Å². The Hall–Kier alpha value is -1.97. The van der Waals surface area contributed by atoms with Crippen LogP contribution < -0.4 is 5.32 Å². The lowest BCUT2D eigenvalue weighted by atomic mass is 10.2. The van der Waals surface area contributed by atoms with Crippen LogP contribution in [0.3, 0.4) is 0 Å². The largest absolute Gasteiger partial charge is 0.376 e. The normalized spacial score (nSPS) is 16.3. The average Bonchev–Trinajstić information content (AvgIpc) is 3.37. The number of hydrogen-bond donors (Lipinski definition) is 1. The lowest BCUT2D eigenvalue weighted by molar-refractivity contribution is 0.0892. The van der Waals surface area contributed by atoms with Crippen LogP contribution in [0.5, 0.6) is 0 Å². The molecule has 1 saturated heterocycles. The Morgan fingerprint density at radius 3 is 2.82 bits per heavy atom. The number of thiocarbonyl (C=S) groups is 1. The van der Waals surface area contributed by atoms with Gasteiger partial charge in [0.1, 0.15) is 0 Å². The molecule has 0 aliphatic carbocycles. The van der Waals surface area contributed by atoms with Crippen molar-refractivity contribution in [2.75, 3.05) is 19.7 Å². The highest BCUT2D eigenvalue weighted by atomic mass is 32.2. The maximum absolute atomic E-state index is 13.4. The minimum Gasteiger partial charge on any atom is -0.376 e. The number of aromatic nitrogens is 2. The van der Waals surface area contributed by atoms with E-state index in [-0.39, 0.29) is 22.9 Å². The summed E-state index contributed by atoms with van der Waals surface area (Å²) >= 11 is 5.63. The van der Waals surface area contributed by atoms with Gasteiger partial charge < -0.3 is 19.5 Å². The Balaban J connectivity index is 1.90. The molecule has 1 fully saturated rings. The van der Waals surface area contributed by atoms with E-state index in [0.29, 0.717) is 24.7 Å². The van der Waals surface area contributed by atoms with E-state index < -0.39 is 9.84 Å². The number of nitrogens with one attached hydrogen (secondary N) is 1. The lowest BCUT2D eigenvalue weighted by Crippen LogP contribution is -2.43. The van der Waals surface area contributed by atoms with Crippen LogP contribution in [0.25, 0.3) is 0 Å². The van der Waals surface area contributed by atoms with Crippen LogP contribution in [0.2, 0.25) is 0 Å². The molecule has 182 valence electrons. The van der Waals surface area contributed by atoms with Crippen molar-refractivity contribution in [2.45, 2.75) is 70.6 Å². The molecule has 1 aliphatic rings. The van der Waals surface area contributed by atoms with Gasteiger partial charge in [-0.1, -0.05) is 43.7 Å². The second-order valence-corrected chi connectivity index (χ2v) is 11.4. The Morgan fingerprint density at radius 2 is 2.18 bits per heavy atom. The third-order valence-electron chi connectivity index (χ3n) is 5.58. The van der Waals surface area contributed by atoms with Crippen LogP contribution in [0, 0.1) is 12.8 Å². The SMILES string of the molecule is CCNC(=S)N(Cc1cnc(S(=O)(=O)Cc2cccc(C)c2)n1CC(C)C)CC1CCCO1. The van der Waals surface area contributed by atoms with Crippen LogP contribution in [0.15, 0.2) is 35.6 Å². The molecule has 0 amide bonds. The predicted octanol–water partition coefficient (Wildman–Crippen LogP) is 3.70. The molecular weight excluding hydrogens is 456 g/mol. The standard InChI is InChI=1S/C24H36N4O3S2/c1-5-25-23(32)27(16-22-10-7-11-31-22)15-21-13-26-24(28(21)14-18(2)3)33(29,30)17-20-9-6-8-19(4)12-20/h6,8-9,12-13,18,22H,5,7,10-11,14-17H2,1-4H3,(H,25,32). The number of aryl methyl sites for hydroxylation is 1. The van der Waals surface area contributed by atoms with Crippen molar-refractivity contribution in [2.24, 2.45) is 5.92 Å². The smallest absolute Gasteiger partial charge is 0.228 e. The van der Waals surface area contributed by atoms with Gasteiger partial charge in [-0.25, -0.2) is 13.4 Å². The van der Waals surface area contributed by atoms with Gasteiger partial charge in [0, 0.05) is 26.2 Å². The number of ether oxygens (including phenoxy) is 1. The van der Waals surface area contributed by atoms with Crippen molar-refractivity contribution in [3.8, 4) is 0 Å². The maximum atomic E-state index is 13.4. The van der Waals surface area contributed by atoms with E-state index in [4.69, 9.17) is 17.0 Å². The van der Waals surface area contributed by atoms with Crippen LogP contribution >= 0.6 is 12.2 Å². The topological polar surface area (TPSA) is 76.5 Å². The molecule has 1 aromatic heterocycles. The highest BCUT2D eigenvalue weighted by Gasteiger charge is 2.27. The fraction of sp³-hybridized carbons (Fsp3) is 0.583. The molecule has 3 rings (SSSR count). The summed E-state index contributed by atoms with van der Waals surface area (Å²) < 4.78 is 34.4. The van der Waals surface area contributed by atoms with E-state index in [0.717, 1.165) is 42.8 Å². The van der Waals surface area contributed by atoms with E-state index in [1.807, 2.05) is 42.7 Å². The summed E-state index contributed by atoms with van der Waals surface area (Å²) in [4.78, 5) is 6.47. The third kappa shape index (κ3) is 7.01.